The molecule has 0 unspecified atom stereocenters. The first kappa shape index (κ1) is 27.0. The molecule has 2 aromatic heterocycles. The van der Waals surface area contributed by atoms with Gasteiger partial charge in [-0.05, 0) is 68.8 Å². The number of fused-ring (bicyclic) bond motifs is 2. The summed E-state index contributed by atoms with van der Waals surface area (Å²) in [4.78, 5) is 22.9. The van der Waals surface area contributed by atoms with Crippen LogP contribution in [0.15, 0.2) is 72.4 Å². The summed E-state index contributed by atoms with van der Waals surface area (Å²) in [6.45, 7) is 6.65. The zero-order chi connectivity index (χ0) is 28.6. The number of nitrogens with one attached hydrogen (secondary N) is 1. The number of aromatic nitrogens is 2. The lowest BCUT2D eigenvalue weighted by atomic mass is 10.0. The Morgan fingerprint density at radius 3 is 2.61 bits per heavy atom. The number of carbonyl (C=O) groups excluding carboxylic acids is 1. The molecule has 7 nitrogen and oxygen atoms in total. The summed E-state index contributed by atoms with van der Waals surface area (Å²) < 4.78 is 28.0. The van der Waals surface area contributed by atoms with E-state index in [0.29, 0.717) is 37.2 Å². The van der Waals surface area contributed by atoms with Gasteiger partial charge in [0, 0.05) is 60.5 Å². The second kappa shape index (κ2) is 11.0. The maximum absolute atomic E-state index is 15.3. The summed E-state index contributed by atoms with van der Waals surface area (Å²) in [7, 11) is 0. The third kappa shape index (κ3) is 6.10. The highest BCUT2D eigenvalue weighted by Crippen LogP contribution is 2.33. The van der Waals surface area contributed by atoms with Crippen molar-refractivity contribution in [2.24, 2.45) is 0 Å². The largest absolute Gasteiger partial charge is 0.490 e. The molecule has 1 aliphatic rings. The van der Waals surface area contributed by atoms with Crippen molar-refractivity contribution in [1.82, 2.24) is 14.9 Å². The number of amides is 1. The van der Waals surface area contributed by atoms with Crippen LogP contribution in [0, 0.1) is 5.82 Å². The van der Waals surface area contributed by atoms with E-state index >= 15 is 4.39 Å². The summed E-state index contributed by atoms with van der Waals surface area (Å²) in [6.07, 6.45) is 2.67. The molecule has 0 bridgehead atoms. The summed E-state index contributed by atoms with van der Waals surface area (Å²) >= 11 is 1.61. The summed E-state index contributed by atoms with van der Waals surface area (Å²) in [5.74, 6) is 0.114. The number of nitrogens with zero attached hydrogens (tertiary/aromatic N) is 3. The number of thiazole rings is 1. The Kier molecular flexibility index (Phi) is 7.21. The molecule has 0 atom stereocenters. The van der Waals surface area contributed by atoms with Gasteiger partial charge in [-0.25, -0.2) is 14.2 Å². The van der Waals surface area contributed by atoms with Gasteiger partial charge in [-0.2, -0.15) is 0 Å². The van der Waals surface area contributed by atoms with E-state index in [2.05, 4.69) is 21.4 Å². The molecule has 1 fully saturated rings. The van der Waals surface area contributed by atoms with Crippen LogP contribution < -0.4 is 10.1 Å². The Morgan fingerprint density at radius 1 is 1.00 bits per heavy atom. The fourth-order valence-electron chi connectivity index (χ4n) is 4.99. The van der Waals surface area contributed by atoms with Crippen molar-refractivity contribution in [3.63, 3.8) is 0 Å². The fourth-order valence-corrected chi connectivity index (χ4v) is 5.65. The van der Waals surface area contributed by atoms with Crippen LogP contribution in [-0.2, 0) is 4.74 Å². The van der Waals surface area contributed by atoms with Crippen LogP contribution in [0.4, 0.5) is 20.6 Å². The molecule has 5 aromatic rings. The number of anilines is 2. The van der Waals surface area contributed by atoms with Gasteiger partial charge in [0.05, 0.1) is 21.2 Å². The Bertz CT molecular complexity index is 1720. The van der Waals surface area contributed by atoms with Crippen molar-refractivity contribution in [2.75, 3.05) is 18.4 Å². The molecule has 41 heavy (non-hydrogen) atoms. The van der Waals surface area contributed by atoms with Gasteiger partial charge < -0.3 is 19.7 Å². The summed E-state index contributed by atoms with van der Waals surface area (Å²) in [5, 5.41) is 4.41. The van der Waals surface area contributed by atoms with E-state index in [4.69, 9.17) is 9.47 Å². The van der Waals surface area contributed by atoms with E-state index in [1.165, 1.54) is 6.07 Å². The summed E-state index contributed by atoms with van der Waals surface area (Å²) in [5.41, 5.74) is 6.10. The maximum Gasteiger partial charge on any atom is 0.410 e. The first-order valence-electron chi connectivity index (χ1n) is 13.7. The third-order valence-electron chi connectivity index (χ3n) is 7.00. The van der Waals surface area contributed by atoms with Crippen molar-refractivity contribution in [3.05, 3.63) is 78.2 Å². The molecule has 1 aliphatic heterocycles. The number of hydrogen-bond donors (Lipinski definition) is 1. The average Bonchev–Trinajstić information content (AvgIpc) is 3.41. The minimum Gasteiger partial charge on any atom is -0.490 e. The van der Waals surface area contributed by atoms with E-state index in [0.717, 1.165) is 38.1 Å². The molecule has 0 spiro atoms. The quantitative estimate of drug-likeness (QED) is 0.230. The van der Waals surface area contributed by atoms with Gasteiger partial charge >= 0.3 is 6.09 Å². The number of pyridine rings is 1. The number of halogens is 1. The van der Waals surface area contributed by atoms with Gasteiger partial charge in [0.2, 0.25) is 0 Å². The molecule has 9 heteroatoms. The number of benzene rings is 3. The van der Waals surface area contributed by atoms with E-state index in [-0.39, 0.29) is 18.0 Å². The van der Waals surface area contributed by atoms with Crippen molar-refractivity contribution in [2.45, 2.75) is 45.3 Å². The molecule has 1 amide bonds. The van der Waals surface area contributed by atoms with Crippen LogP contribution in [0.5, 0.6) is 5.75 Å². The second-order valence-electron chi connectivity index (χ2n) is 11.2. The monoisotopic (exact) mass is 570 g/mol. The van der Waals surface area contributed by atoms with E-state index in [1.54, 1.807) is 34.6 Å². The predicted octanol–water partition coefficient (Wildman–Crippen LogP) is 8.17. The first-order chi connectivity index (χ1) is 19.7. The van der Waals surface area contributed by atoms with Gasteiger partial charge in [-0.15, -0.1) is 11.3 Å². The minimum atomic E-state index is -0.526. The third-order valence-corrected chi connectivity index (χ3v) is 7.81. The lowest BCUT2D eigenvalue weighted by Crippen LogP contribution is -2.44. The molecule has 0 radical (unpaired) electrons. The normalized spacial score (nSPS) is 14.4. The van der Waals surface area contributed by atoms with Crippen LogP contribution in [0.1, 0.15) is 33.6 Å². The van der Waals surface area contributed by atoms with E-state index in [9.17, 15) is 4.79 Å². The Labute approximate surface area is 241 Å². The SMILES string of the molecule is CC(C)(C)OC(=O)N1CCC(Oc2ccc(-c3ccc4c(Nc5ccc6scnc6c5)ccnc4c3)c(F)c2)CC1. The van der Waals surface area contributed by atoms with Crippen LogP contribution in [0.2, 0.25) is 0 Å². The summed E-state index contributed by atoms with van der Waals surface area (Å²) in [6, 6.07) is 18.8. The molecule has 0 aliphatic carbocycles. The molecule has 210 valence electrons. The first-order valence-corrected chi connectivity index (χ1v) is 14.5. The lowest BCUT2D eigenvalue weighted by Gasteiger charge is -2.33. The molecular formula is C32H31FN4O3S. The van der Waals surface area contributed by atoms with E-state index in [1.807, 2.05) is 62.7 Å². The maximum atomic E-state index is 15.3. The van der Waals surface area contributed by atoms with Crippen LogP contribution in [0.3, 0.4) is 0 Å². The van der Waals surface area contributed by atoms with Gasteiger partial charge in [-0.3, -0.25) is 4.98 Å². The van der Waals surface area contributed by atoms with E-state index < -0.39 is 5.60 Å². The zero-order valence-corrected chi connectivity index (χ0v) is 24.0. The van der Waals surface area contributed by atoms with Crippen molar-refractivity contribution in [3.8, 4) is 16.9 Å². The average molecular weight is 571 g/mol. The smallest absolute Gasteiger partial charge is 0.410 e. The fraction of sp³-hybridized carbons (Fsp3) is 0.281. The number of rotatable bonds is 5. The molecule has 3 aromatic carbocycles. The lowest BCUT2D eigenvalue weighted by molar-refractivity contribution is 0.0126. The Hall–Kier alpha value is -4.24. The Balaban J connectivity index is 1.14. The number of ether oxygens (including phenoxy) is 2. The molecule has 0 saturated carbocycles. The van der Waals surface area contributed by atoms with Gasteiger partial charge in [0.1, 0.15) is 23.3 Å². The molecule has 1 N–H and O–H groups in total. The molecule has 1 saturated heterocycles. The van der Waals surface area contributed by atoms with Gasteiger partial charge in [-0.1, -0.05) is 12.1 Å². The van der Waals surface area contributed by atoms with Crippen molar-refractivity contribution in [1.29, 1.82) is 0 Å². The Morgan fingerprint density at radius 2 is 1.83 bits per heavy atom. The number of piperidine rings is 1. The van der Waals surface area contributed by atoms with Crippen molar-refractivity contribution >= 4 is 49.9 Å². The topological polar surface area (TPSA) is 76.6 Å². The standard InChI is InChI=1S/C32H31FN4O3S/c1-32(2,3)40-31(38)37-14-11-22(12-15-37)39-23-6-8-24(26(33)18-23)20-4-7-25-27(10-13-34-28(25)16-20)36-21-5-9-30-29(17-21)35-19-41-30/h4-10,13,16-19,22H,11-12,14-15H2,1-3H3,(H,34,36). The highest BCUT2D eigenvalue weighted by molar-refractivity contribution is 7.16. The number of carbonyl (C=O) groups is 1. The highest BCUT2D eigenvalue weighted by Gasteiger charge is 2.27. The number of likely N-dealkylation sites (tertiary alicyclic amines) is 1. The predicted molar refractivity (Wildman–Crippen MR) is 161 cm³/mol. The second-order valence-corrected chi connectivity index (χ2v) is 12.1. The van der Waals surface area contributed by atoms with Gasteiger partial charge in [0.15, 0.2) is 0 Å². The highest BCUT2D eigenvalue weighted by atomic mass is 32.1. The molecular weight excluding hydrogens is 539 g/mol. The van der Waals surface area contributed by atoms with Crippen LogP contribution in [0.25, 0.3) is 32.2 Å². The number of hydrogen-bond acceptors (Lipinski definition) is 7. The van der Waals surface area contributed by atoms with Crippen molar-refractivity contribution < 1.29 is 18.7 Å². The van der Waals surface area contributed by atoms with Crippen LogP contribution >= 0.6 is 11.3 Å². The molecule has 6 rings (SSSR count). The van der Waals surface area contributed by atoms with Gasteiger partial charge in [0.25, 0.3) is 0 Å². The zero-order valence-electron chi connectivity index (χ0n) is 23.2. The van der Waals surface area contributed by atoms with Crippen LogP contribution in [-0.4, -0.2) is 45.8 Å². The molecule has 3 heterocycles. The minimum absolute atomic E-state index is 0.0917.